The molecule has 11 aromatic rings. The van der Waals surface area contributed by atoms with E-state index < -0.39 is 0 Å². The lowest BCUT2D eigenvalue weighted by molar-refractivity contribution is 0.669. The molecule has 51 heavy (non-hydrogen) atoms. The molecule has 0 radical (unpaired) electrons. The van der Waals surface area contributed by atoms with E-state index in [1.165, 1.54) is 0 Å². The van der Waals surface area contributed by atoms with Gasteiger partial charge in [-0.3, -0.25) is 4.57 Å². The van der Waals surface area contributed by atoms with Gasteiger partial charge < -0.3 is 8.83 Å². The number of hydrogen-bond acceptors (Lipinski definition) is 5. The summed E-state index contributed by atoms with van der Waals surface area (Å²) < 4.78 is 14.8. The van der Waals surface area contributed by atoms with Gasteiger partial charge in [0.2, 0.25) is 5.95 Å². The van der Waals surface area contributed by atoms with Crippen LogP contribution in [0.2, 0.25) is 0 Å². The zero-order valence-corrected chi connectivity index (χ0v) is 27.1. The van der Waals surface area contributed by atoms with Crippen molar-refractivity contribution < 1.29 is 8.83 Å². The van der Waals surface area contributed by atoms with Crippen LogP contribution in [-0.2, 0) is 0 Å². The maximum Gasteiger partial charge on any atom is 0.238 e. The van der Waals surface area contributed by atoms with Gasteiger partial charge in [0.25, 0.3) is 0 Å². The SMILES string of the molecule is c1ccc(-c2nc(-c3ccc4c(c3)oc3cccc(-c5ccc6oc7ccccc7c6c5)c34)nc(-n3c4ccccc4c4ccccc43)n2)cc1. The monoisotopic (exact) mass is 654 g/mol. The summed E-state index contributed by atoms with van der Waals surface area (Å²) in [5.74, 6) is 1.73. The zero-order valence-electron chi connectivity index (χ0n) is 27.1. The third kappa shape index (κ3) is 4.26. The number of rotatable bonds is 4. The second-order valence-corrected chi connectivity index (χ2v) is 12.8. The molecular weight excluding hydrogens is 629 g/mol. The van der Waals surface area contributed by atoms with Crippen molar-refractivity contribution in [3.05, 3.63) is 158 Å². The fraction of sp³-hybridized carbons (Fsp3) is 0. The normalized spacial score (nSPS) is 11.9. The highest BCUT2D eigenvalue weighted by Crippen LogP contribution is 2.40. The van der Waals surface area contributed by atoms with Gasteiger partial charge in [0.15, 0.2) is 11.6 Å². The number of nitrogens with zero attached hydrogens (tertiary/aromatic N) is 4. The van der Waals surface area contributed by atoms with E-state index in [-0.39, 0.29) is 0 Å². The Kier molecular flexibility index (Phi) is 5.86. The highest BCUT2D eigenvalue weighted by molar-refractivity contribution is 6.14. The molecule has 0 atom stereocenters. The van der Waals surface area contributed by atoms with Crippen LogP contribution < -0.4 is 0 Å². The predicted octanol–water partition coefficient (Wildman–Crippen LogP) is 11.8. The first-order valence-electron chi connectivity index (χ1n) is 16.9. The molecule has 0 spiro atoms. The van der Waals surface area contributed by atoms with Crippen molar-refractivity contribution in [1.82, 2.24) is 19.5 Å². The van der Waals surface area contributed by atoms with Crippen LogP contribution in [0.1, 0.15) is 0 Å². The quantitative estimate of drug-likeness (QED) is 0.189. The third-order valence-electron chi connectivity index (χ3n) is 9.88. The van der Waals surface area contributed by atoms with Gasteiger partial charge in [-0.25, -0.2) is 4.98 Å². The van der Waals surface area contributed by atoms with Crippen LogP contribution >= 0.6 is 0 Å². The van der Waals surface area contributed by atoms with E-state index in [1.807, 2.05) is 60.7 Å². The first-order valence-corrected chi connectivity index (χ1v) is 16.9. The van der Waals surface area contributed by atoms with Crippen molar-refractivity contribution in [3.63, 3.8) is 0 Å². The Balaban J connectivity index is 1.10. The molecule has 6 heteroatoms. The summed E-state index contributed by atoms with van der Waals surface area (Å²) in [4.78, 5) is 15.2. The topological polar surface area (TPSA) is 69.9 Å². The summed E-state index contributed by atoms with van der Waals surface area (Å²) in [6, 6.07) is 53.9. The minimum absolute atomic E-state index is 0.561. The first kappa shape index (κ1) is 27.9. The van der Waals surface area contributed by atoms with Gasteiger partial charge in [-0.05, 0) is 59.7 Å². The lowest BCUT2D eigenvalue weighted by atomic mass is 9.97. The highest BCUT2D eigenvalue weighted by Gasteiger charge is 2.19. The molecule has 0 saturated heterocycles. The maximum absolute atomic E-state index is 6.56. The fourth-order valence-corrected chi connectivity index (χ4v) is 7.55. The number of para-hydroxylation sites is 3. The molecule has 4 heterocycles. The van der Waals surface area contributed by atoms with Crippen molar-refractivity contribution in [2.24, 2.45) is 0 Å². The van der Waals surface area contributed by atoms with Gasteiger partial charge >= 0.3 is 0 Å². The summed E-state index contributed by atoms with van der Waals surface area (Å²) in [5, 5.41) is 6.60. The van der Waals surface area contributed by atoms with Crippen molar-refractivity contribution in [3.8, 4) is 39.9 Å². The largest absolute Gasteiger partial charge is 0.456 e. The van der Waals surface area contributed by atoms with Crippen LogP contribution in [0.25, 0.3) is 106 Å². The molecule has 4 aromatic heterocycles. The van der Waals surface area contributed by atoms with Crippen LogP contribution in [0.4, 0.5) is 0 Å². The predicted molar refractivity (Wildman–Crippen MR) is 205 cm³/mol. The average Bonchev–Trinajstić information content (AvgIpc) is 3.87. The number of hydrogen-bond donors (Lipinski definition) is 0. The van der Waals surface area contributed by atoms with Gasteiger partial charge in [0, 0.05) is 43.4 Å². The summed E-state index contributed by atoms with van der Waals surface area (Å²) >= 11 is 0. The smallest absolute Gasteiger partial charge is 0.238 e. The van der Waals surface area contributed by atoms with Crippen LogP contribution in [0, 0.1) is 0 Å². The van der Waals surface area contributed by atoms with Gasteiger partial charge in [-0.1, -0.05) is 109 Å². The molecule has 7 aromatic carbocycles. The Labute approximate surface area is 290 Å². The number of furan rings is 2. The second-order valence-electron chi connectivity index (χ2n) is 12.8. The van der Waals surface area contributed by atoms with E-state index in [2.05, 4.69) is 102 Å². The molecule has 11 rings (SSSR count). The number of aromatic nitrogens is 4. The third-order valence-corrected chi connectivity index (χ3v) is 9.88. The Morgan fingerprint density at radius 3 is 1.80 bits per heavy atom. The number of fused-ring (bicyclic) bond motifs is 9. The van der Waals surface area contributed by atoms with Gasteiger partial charge in [-0.15, -0.1) is 0 Å². The maximum atomic E-state index is 6.56. The lowest BCUT2D eigenvalue weighted by Crippen LogP contribution is -2.06. The molecule has 0 fully saturated rings. The van der Waals surface area contributed by atoms with E-state index in [0.717, 1.165) is 87.9 Å². The zero-order chi connectivity index (χ0) is 33.5. The Bertz CT molecular complexity index is 3100. The molecule has 0 N–H and O–H groups in total. The summed E-state index contributed by atoms with van der Waals surface area (Å²) in [7, 11) is 0. The van der Waals surface area contributed by atoms with E-state index in [0.29, 0.717) is 17.6 Å². The Hall–Kier alpha value is -7.05. The van der Waals surface area contributed by atoms with Crippen molar-refractivity contribution >= 4 is 65.7 Å². The van der Waals surface area contributed by atoms with Crippen molar-refractivity contribution in [1.29, 1.82) is 0 Å². The van der Waals surface area contributed by atoms with Crippen LogP contribution in [-0.4, -0.2) is 19.5 Å². The Morgan fingerprint density at radius 2 is 1.00 bits per heavy atom. The molecule has 0 aliphatic carbocycles. The summed E-state index contributed by atoms with van der Waals surface area (Å²) in [6.45, 7) is 0. The van der Waals surface area contributed by atoms with Gasteiger partial charge in [0.1, 0.15) is 22.3 Å². The standard InChI is InChI=1S/C45H26N4O2/c1-2-11-27(12-3-1)43-46-44(48-45(47-43)49-36-17-7-4-13-31(36)32-14-5-8-18-37(32)49)29-21-23-34-41(26-29)51-40-20-10-16-30(42(34)40)28-22-24-39-35(25-28)33-15-6-9-19-38(33)50-39/h1-26H. The molecule has 0 amide bonds. The van der Waals surface area contributed by atoms with E-state index in [4.69, 9.17) is 23.8 Å². The summed E-state index contributed by atoms with van der Waals surface area (Å²) in [6.07, 6.45) is 0. The van der Waals surface area contributed by atoms with E-state index >= 15 is 0 Å². The molecular formula is C45H26N4O2. The summed E-state index contributed by atoms with van der Waals surface area (Å²) in [5.41, 5.74) is 9.40. The first-order chi connectivity index (χ1) is 25.3. The van der Waals surface area contributed by atoms with Crippen molar-refractivity contribution in [2.75, 3.05) is 0 Å². The molecule has 0 unspecified atom stereocenters. The second kappa shape index (κ2) is 10.7. The number of benzene rings is 7. The fourth-order valence-electron chi connectivity index (χ4n) is 7.55. The van der Waals surface area contributed by atoms with E-state index in [9.17, 15) is 0 Å². The van der Waals surface area contributed by atoms with Crippen LogP contribution in [0.3, 0.4) is 0 Å². The molecule has 0 aliphatic heterocycles. The average molecular weight is 655 g/mol. The molecule has 0 aliphatic rings. The molecule has 6 nitrogen and oxygen atoms in total. The lowest BCUT2D eigenvalue weighted by Gasteiger charge is -2.11. The van der Waals surface area contributed by atoms with Gasteiger partial charge in [0.05, 0.1) is 11.0 Å². The van der Waals surface area contributed by atoms with Crippen LogP contribution in [0.15, 0.2) is 167 Å². The Morgan fingerprint density at radius 1 is 0.373 bits per heavy atom. The molecule has 0 bridgehead atoms. The minimum Gasteiger partial charge on any atom is -0.456 e. The molecule has 0 saturated carbocycles. The molecule has 238 valence electrons. The highest BCUT2D eigenvalue weighted by atomic mass is 16.3. The van der Waals surface area contributed by atoms with Gasteiger partial charge in [-0.2, -0.15) is 9.97 Å². The minimum atomic E-state index is 0.561. The van der Waals surface area contributed by atoms with E-state index in [1.54, 1.807) is 0 Å². The van der Waals surface area contributed by atoms with Crippen LogP contribution in [0.5, 0.6) is 0 Å². The van der Waals surface area contributed by atoms with Crippen molar-refractivity contribution in [2.45, 2.75) is 0 Å².